The van der Waals surface area contributed by atoms with Crippen LogP contribution in [0.5, 0.6) is 0 Å². The number of aryl methyl sites for hydroxylation is 1. The summed E-state index contributed by atoms with van der Waals surface area (Å²) in [6.45, 7) is 7.20. The van der Waals surface area contributed by atoms with Gasteiger partial charge in [0, 0.05) is 31.0 Å². The minimum atomic E-state index is -3.42. The van der Waals surface area contributed by atoms with Gasteiger partial charge >= 0.3 is 0 Å². The third kappa shape index (κ3) is 3.21. The molecule has 0 unspecified atom stereocenters. The van der Waals surface area contributed by atoms with Gasteiger partial charge in [-0.2, -0.15) is 4.31 Å². The number of hydrogen-bond acceptors (Lipinski definition) is 2. The van der Waals surface area contributed by atoms with E-state index >= 15 is 0 Å². The minimum Gasteiger partial charge on any atom is -0.349 e. The van der Waals surface area contributed by atoms with E-state index in [1.165, 1.54) is 0 Å². The number of hydrogen-bond donors (Lipinski definition) is 0. The lowest BCUT2D eigenvalue weighted by atomic mass is 10.3. The van der Waals surface area contributed by atoms with Crippen LogP contribution in [0.4, 0.5) is 0 Å². The van der Waals surface area contributed by atoms with E-state index in [9.17, 15) is 8.42 Å². The van der Waals surface area contributed by atoms with Crippen molar-refractivity contribution in [2.45, 2.75) is 57.0 Å². The monoisotopic (exact) mass is 318 g/mol. The maximum absolute atomic E-state index is 12.8. The highest BCUT2D eigenvalue weighted by Crippen LogP contribution is 2.33. The number of sulfonamides is 1. The molecule has 1 aromatic heterocycles. The molecule has 0 saturated heterocycles. The molecule has 0 N–H and O–H groups in total. The highest BCUT2D eigenvalue weighted by molar-refractivity contribution is 7.89. The molecule has 4 nitrogen and oxygen atoms in total. The molecule has 0 spiro atoms. The van der Waals surface area contributed by atoms with Crippen LogP contribution in [0, 0.1) is 5.92 Å². The summed E-state index contributed by atoms with van der Waals surface area (Å²) in [6, 6.07) is 1.68. The van der Waals surface area contributed by atoms with Crippen LogP contribution in [0.2, 0.25) is 0 Å². The Morgan fingerprint density at radius 3 is 2.50 bits per heavy atom. The second-order valence-electron chi connectivity index (χ2n) is 5.70. The summed E-state index contributed by atoms with van der Waals surface area (Å²) in [4.78, 5) is 0.365. The summed E-state index contributed by atoms with van der Waals surface area (Å²) >= 11 is 5.88. The second-order valence-corrected chi connectivity index (χ2v) is 7.86. The fraction of sp³-hybridized carbons (Fsp3) is 0.714. The van der Waals surface area contributed by atoms with Gasteiger partial charge in [0.15, 0.2) is 0 Å². The molecule has 0 radical (unpaired) electrons. The van der Waals surface area contributed by atoms with Crippen LogP contribution in [-0.4, -0.2) is 29.9 Å². The summed E-state index contributed by atoms with van der Waals surface area (Å²) in [6.07, 6.45) is 3.98. The molecule has 0 amide bonds. The molecule has 0 atom stereocenters. The zero-order chi connectivity index (χ0) is 14.9. The van der Waals surface area contributed by atoms with Gasteiger partial charge < -0.3 is 4.57 Å². The Morgan fingerprint density at radius 2 is 2.10 bits per heavy atom. The summed E-state index contributed by atoms with van der Waals surface area (Å²) < 4.78 is 29.1. The molecule has 1 saturated carbocycles. The Hall–Kier alpha value is -0.520. The van der Waals surface area contributed by atoms with E-state index in [0.717, 1.165) is 25.1 Å². The van der Waals surface area contributed by atoms with E-state index in [2.05, 4.69) is 0 Å². The van der Waals surface area contributed by atoms with E-state index in [0.29, 0.717) is 23.2 Å². The molecule has 1 aromatic rings. The minimum absolute atomic E-state index is 0.0231. The molecule has 0 aromatic carbocycles. The molecule has 1 aliphatic rings. The van der Waals surface area contributed by atoms with Crippen LogP contribution >= 0.6 is 11.6 Å². The van der Waals surface area contributed by atoms with Crippen LogP contribution in [-0.2, 0) is 22.4 Å². The van der Waals surface area contributed by atoms with Gasteiger partial charge in [-0.25, -0.2) is 8.42 Å². The quantitative estimate of drug-likeness (QED) is 0.725. The smallest absolute Gasteiger partial charge is 0.244 e. The first kappa shape index (κ1) is 15.9. The number of alkyl halides is 1. The summed E-state index contributed by atoms with van der Waals surface area (Å²) in [5, 5.41) is 0. The van der Waals surface area contributed by atoms with Gasteiger partial charge in [-0.3, -0.25) is 0 Å². The van der Waals surface area contributed by atoms with Crippen LogP contribution in [0.1, 0.15) is 39.3 Å². The number of nitrogens with zero attached hydrogens (tertiary/aromatic N) is 2. The first-order valence-electron chi connectivity index (χ1n) is 7.17. The fourth-order valence-corrected chi connectivity index (χ4v) is 4.36. The topological polar surface area (TPSA) is 42.3 Å². The van der Waals surface area contributed by atoms with Gasteiger partial charge in [0.25, 0.3) is 0 Å². The van der Waals surface area contributed by atoms with E-state index < -0.39 is 10.0 Å². The normalized spacial score (nSPS) is 16.3. The Kier molecular flexibility index (Phi) is 4.82. The SMILES string of the molecule is CCn1cc(S(=O)(=O)N(CC2CC2)C(C)C)cc1CCl. The molecule has 20 heavy (non-hydrogen) atoms. The molecule has 1 fully saturated rings. The zero-order valence-corrected chi connectivity index (χ0v) is 13.9. The fourth-order valence-electron chi connectivity index (χ4n) is 2.35. The van der Waals surface area contributed by atoms with Gasteiger partial charge in [0.05, 0.1) is 5.88 Å². The van der Waals surface area contributed by atoms with E-state index in [-0.39, 0.29) is 6.04 Å². The van der Waals surface area contributed by atoms with Gasteiger partial charge in [-0.1, -0.05) is 0 Å². The maximum Gasteiger partial charge on any atom is 0.244 e. The van der Waals surface area contributed by atoms with Crippen LogP contribution in [0.3, 0.4) is 0 Å². The van der Waals surface area contributed by atoms with Crippen LogP contribution in [0.15, 0.2) is 17.2 Å². The van der Waals surface area contributed by atoms with Gasteiger partial charge in [0.1, 0.15) is 4.90 Å². The highest BCUT2D eigenvalue weighted by atomic mass is 35.5. The van der Waals surface area contributed by atoms with E-state index in [4.69, 9.17) is 11.6 Å². The maximum atomic E-state index is 12.8. The number of aromatic nitrogens is 1. The predicted molar refractivity (Wildman–Crippen MR) is 81.4 cm³/mol. The lowest BCUT2D eigenvalue weighted by Crippen LogP contribution is -2.38. The van der Waals surface area contributed by atoms with E-state index in [1.54, 1.807) is 16.6 Å². The number of rotatable bonds is 7. The van der Waals surface area contributed by atoms with Crippen molar-refractivity contribution >= 4 is 21.6 Å². The lowest BCUT2D eigenvalue weighted by Gasteiger charge is -2.25. The first-order chi connectivity index (χ1) is 9.40. The molecule has 1 heterocycles. The molecular formula is C14H23ClN2O2S. The standard InChI is InChI=1S/C14H23ClN2O2S/c1-4-16-10-14(7-13(16)8-15)20(18,19)17(11(2)3)9-12-5-6-12/h7,10-12H,4-6,8-9H2,1-3H3. The van der Waals surface area contributed by atoms with Crippen molar-refractivity contribution in [2.75, 3.05) is 6.54 Å². The Labute approximate surface area is 126 Å². The average molecular weight is 319 g/mol. The predicted octanol–water partition coefficient (Wildman–Crippen LogP) is 3.06. The highest BCUT2D eigenvalue weighted by Gasteiger charge is 2.34. The molecule has 2 rings (SSSR count). The Morgan fingerprint density at radius 1 is 1.45 bits per heavy atom. The van der Waals surface area contributed by atoms with Gasteiger partial charge in [-0.05, 0) is 45.6 Å². The third-order valence-electron chi connectivity index (χ3n) is 3.76. The molecule has 0 aliphatic heterocycles. The van der Waals surface area contributed by atoms with Gasteiger partial charge in [0.2, 0.25) is 10.0 Å². The average Bonchev–Trinajstić information content (AvgIpc) is 3.11. The summed E-state index contributed by atoms with van der Waals surface area (Å²) in [7, 11) is -3.42. The molecule has 0 bridgehead atoms. The lowest BCUT2D eigenvalue weighted by molar-refractivity contribution is 0.341. The number of halogens is 1. The Bertz CT molecular complexity index is 540. The summed E-state index contributed by atoms with van der Waals surface area (Å²) in [5.41, 5.74) is 0.850. The van der Waals surface area contributed by atoms with Crippen molar-refractivity contribution in [3.05, 3.63) is 18.0 Å². The van der Waals surface area contributed by atoms with E-state index in [1.807, 2.05) is 25.3 Å². The summed E-state index contributed by atoms with van der Waals surface area (Å²) in [5.74, 6) is 0.862. The molecule has 114 valence electrons. The van der Waals surface area contributed by atoms with Crippen LogP contribution < -0.4 is 0 Å². The first-order valence-corrected chi connectivity index (χ1v) is 9.14. The van der Waals surface area contributed by atoms with Crippen molar-refractivity contribution in [1.82, 2.24) is 8.87 Å². The van der Waals surface area contributed by atoms with Crippen molar-refractivity contribution in [1.29, 1.82) is 0 Å². The largest absolute Gasteiger partial charge is 0.349 e. The molecule has 1 aliphatic carbocycles. The zero-order valence-electron chi connectivity index (χ0n) is 12.3. The second kappa shape index (κ2) is 6.08. The van der Waals surface area contributed by atoms with Crippen molar-refractivity contribution in [3.8, 4) is 0 Å². The van der Waals surface area contributed by atoms with Crippen molar-refractivity contribution in [2.24, 2.45) is 5.92 Å². The Balaban J connectivity index is 2.33. The molecular weight excluding hydrogens is 296 g/mol. The third-order valence-corrected chi connectivity index (χ3v) is 6.04. The molecule has 6 heteroatoms. The van der Waals surface area contributed by atoms with Crippen molar-refractivity contribution < 1.29 is 8.42 Å². The van der Waals surface area contributed by atoms with Crippen LogP contribution in [0.25, 0.3) is 0 Å². The van der Waals surface area contributed by atoms with Gasteiger partial charge in [-0.15, -0.1) is 11.6 Å². The van der Waals surface area contributed by atoms with Crippen molar-refractivity contribution in [3.63, 3.8) is 0 Å².